The van der Waals surface area contributed by atoms with Gasteiger partial charge >= 0.3 is 5.97 Å². The Morgan fingerprint density at radius 3 is 2.72 bits per heavy atom. The van der Waals surface area contributed by atoms with E-state index in [2.05, 4.69) is 5.32 Å². The molecule has 0 saturated carbocycles. The van der Waals surface area contributed by atoms with Crippen LogP contribution in [-0.4, -0.2) is 37.6 Å². The van der Waals surface area contributed by atoms with E-state index in [1.54, 1.807) is 18.2 Å². The Hall–Kier alpha value is -3.07. The van der Waals surface area contributed by atoms with Crippen molar-refractivity contribution >= 4 is 34.1 Å². The van der Waals surface area contributed by atoms with Gasteiger partial charge in [0.2, 0.25) is 0 Å². The molecule has 4 rings (SSSR count). The maximum absolute atomic E-state index is 12.2. The number of ether oxygens (including phenoxy) is 3. The highest BCUT2D eigenvalue weighted by molar-refractivity contribution is 7.17. The predicted molar refractivity (Wildman–Crippen MR) is 106 cm³/mol. The summed E-state index contributed by atoms with van der Waals surface area (Å²) in [5.41, 5.74) is 7.47. The van der Waals surface area contributed by atoms with E-state index in [4.69, 9.17) is 19.9 Å². The van der Waals surface area contributed by atoms with Crippen LogP contribution < -0.4 is 20.5 Å². The summed E-state index contributed by atoms with van der Waals surface area (Å²) in [4.78, 5) is 37.1. The summed E-state index contributed by atoms with van der Waals surface area (Å²) in [6.07, 6.45) is 2.64. The smallest absolute Gasteiger partial charge is 0.310 e. The number of carbonyl (C=O) groups is 3. The van der Waals surface area contributed by atoms with Gasteiger partial charge in [-0.1, -0.05) is 6.07 Å². The minimum absolute atomic E-state index is 0.00372. The first-order valence-electron chi connectivity index (χ1n) is 9.29. The van der Waals surface area contributed by atoms with Gasteiger partial charge < -0.3 is 25.3 Å². The van der Waals surface area contributed by atoms with Crippen LogP contribution in [0, 0.1) is 0 Å². The number of nitrogens with one attached hydrogen (secondary N) is 1. The van der Waals surface area contributed by atoms with Crippen LogP contribution in [-0.2, 0) is 33.6 Å². The van der Waals surface area contributed by atoms with Crippen LogP contribution in [0.25, 0.3) is 0 Å². The summed E-state index contributed by atoms with van der Waals surface area (Å²) >= 11 is 1.36. The van der Waals surface area contributed by atoms with Gasteiger partial charge in [-0.2, -0.15) is 0 Å². The number of anilines is 1. The number of primary amides is 1. The number of thiophene rings is 1. The van der Waals surface area contributed by atoms with Crippen molar-refractivity contribution in [2.24, 2.45) is 5.73 Å². The molecule has 2 aliphatic rings. The van der Waals surface area contributed by atoms with Gasteiger partial charge in [-0.15, -0.1) is 11.3 Å². The van der Waals surface area contributed by atoms with Gasteiger partial charge in [0.1, 0.15) is 18.2 Å². The molecule has 0 spiro atoms. The van der Waals surface area contributed by atoms with E-state index < -0.39 is 24.4 Å². The number of nitrogens with two attached hydrogens (primary N) is 1. The van der Waals surface area contributed by atoms with Gasteiger partial charge in [-0.25, -0.2) is 0 Å². The molecule has 1 aromatic heterocycles. The van der Waals surface area contributed by atoms with E-state index in [-0.39, 0.29) is 6.42 Å². The molecule has 0 unspecified atom stereocenters. The predicted octanol–water partition coefficient (Wildman–Crippen LogP) is 1.83. The van der Waals surface area contributed by atoms with E-state index in [0.717, 1.165) is 29.7 Å². The van der Waals surface area contributed by atoms with E-state index in [1.807, 2.05) is 0 Å². The average molecular weight is 416 g/mol. The maximum atomic E-state index is 12.2. The molecule has 2 amide bonds. The first-order chi connectivity index (χ1) is 14.0. The van der Waals surface area contributed by atoms with Crippen molar-refractivity contribution < 1.29 is 28.6 Å². The zero-order valence-corrected chi connectivity index (χ0v) is 16.4. The molecule has 152 valence electrons. The second-order valence-electron chi connectivity index (χ2n) is 6.79. The molecular formula is C20H20N2O6S. The van der Waals surface area contributed by atoms with Crippen LogP contribution in [0.15, 0.2) is 18.2 Å². The topological polar surface area (TPSA) is 117 Å². The Balaban J connectivity index is 1.32. The van der Waals surface area contributed by atoms with Crippen LogP contribution in [0.1, 0.15) is 32.8 Å². The minimum Gasteiger partial charge on any atom is -0.486 e. The van der Waals surface area contributed by atoms with Crippen LogP contribution in [0.4, 0.5) is 5.00 Å². The quantitative estimate of drug-likeness (QED) is 0.694. The number of hydrogen-bond donors (Lipinski definition) is 2. The van der Waals surface area contributed by atoms with Crippen molar-refractivity contribution in [3.05, 3.63) is 39.8 Å². The number of rotatable bonds is 6. The lowest BCUT2D eigenvalue weighted by Gasteiger charge is -2.18. The first kappa shape index (κ1) is 19.3. The van der Waals surface area contributed by atoms with Crippen LogP contribution in [0.2, 0.25) is 0 Å². The first-order valence-corrected chi connectivity index (χ1v) is 10.1. The van der Waals surface area contributed by atoms with E-state index in [1.165, 1.54) is 11.3 Å². The molecule has 1 aliphatic carbocycles. The Bertz CT molecular complexity index is 984. The van der Waals surface area contributed by atoms with Crippen LogP contribution in [0.3, 0.4) is 0 Å². The van der Waals surface area contributed by atoms with E-state index in [9.17, 15) is 14.4 Å². The standard InChI is InChI=1S/C20H20N2O6S/c21-19(25)18-12-2-1-3-15(12)29-20(18)22-16(23)10-28-17(24)9-11-4-5-13-14(8-11)27-7-6-26-13/h4-5,8H,1-3,6-7,9-10H2,(H2,21,25)(H,22,23). The summed E-state index contributed by atoms with van der Waals surface area (Å²) in [7, 11) is 0. The number of carbonyl (C=O) groups excluding carboxylic acids is 3. The fourth-order valence-corrected chi connectivity index (χ4v) is 4.79. The van der Waals surface area contributed by atoms with Crippen molar-refractivity contribution in [3.8, 4) is 11.5 Å². The summed E-state index contributed by atoms with van der Waals surface area (Å²) < 4.78 is 16.0. The number of benzene rings is 1. The molecule has 1 aromatic carbocycles. The highest BCUT2D eigenvalue weighted by Gasteiger charge is 2.26. The lowest BCUT2D eigenvalue weighted by atomic mass is 10.1. The molecule has 29 heavy (non-hydrogen) atoms. The van der Waals surface area contributed by atoms with Crippen molar-refractivity contribution in [1.82, 2.24) is 0 Å². The fraction of sp³-hybridized carbons (Fsp3) is 0.350. The second kappa shape index (κ2) is 8.12. The third-order valence-corrected chi connectivity index (χ3v) is 5.95. The molecule has 2 aromatic rings. The van der Waals surface area contributed by atoms with Crippen molar-refractivity contribution in [2.75, 3.05) is 25.1 Å². The van der Waals surface area contributed by atoms with Crippen LogP contribution in [0.5, 0.6) is 11.5 Å². The molecule has 0 bridgehead atoms. The number of aryl methyl sites for hydroxylation is 1. The molecule has 9 heteroatoms. The number of hydrogen-bond acceptors (Lipinski definition) is 7. The van der Waals surface area contributed by atoms with E-state index >= 15 is 0 Å². The summed E-state index contributed by atoms with van der Waals surface area (Å²) in [5, 5.41) is 3.07. The lowest BCUT2D eigenvalue weighted by molar-refractivity contribution is -0.146. The van der Waals surface area contributed by atoms with Gasteiger partial charge in [0.25, 0.3) is 11.8 Å². The summed E-state index contributed by atoms with van der Waals surface area (Å²) in [6, 6.07) is 5.22. The van der Waals surface area contributed by atoms with Gasteiger partial charge in [0.05, 0.1) is 12.0 Å². The highest BCUT2D eigenvalue weighted by Crippen LogP contribution is 2.38. The van der Waals surface area contributed by atoms with Crippen molar-refractivity contribution in [1.29, 1.82) is 0 Å². The Labute approximate surface area is 170 Å². The zero-order valence-electron chi connectivity index (χ0n) is 15.6. The second-order valence-corrected chi connectivity index (χ2v) is 7.89. The average Bonchev–Trinajstić information content (AvgIpc) is 3.26. The SMILES string of the molecule is NC(=O)c1c(NC(=O)COC(=O)Cc2ccc3c(c2)OCCO3)sc2c1CCC2. The van der Waals surface area contributed by atoms with Crippen molar-refractivity contribution in [2.45, 2.75) is 25.7 Å². The minimum atomic E-state index is -0.560. The van der Waals surface area contributed by atoms with Crippen LogP contribution >= 0.6 is 11.3 Å². The highest BCUT2D eigenvalue weighted by atomic mass is 32.1. The number of fused-ring (bicyclic) bond motifs is 2. The van der Waals surface area contributed by atoms with Gasteiger partial charge in [0, 0.05) is 4.88 Å². The zero-order chi connectivity index (χ0) is 20.4. The molecule has 0 saturated heterocycles. The normalized spacial score (nSPS) is 14.2. The molecule has 0 fully saturated rings. The number of amides is 2. The van der Waals surface area contributed by atoms with Gasteiger partial charge in [-0.3, -0.25) is 14.4 Å². The Morgan fingerprint density at radius 2 is 1.93 bits per heavy atom. The van der Waals surface area contributed by atoms with Crippen molar-refractivity contribution in [3.63, 3.8) is 0 Å². The summed E-state index contributed by atoms with van der Waals surface area (Å²) in [6.45, 7) is 0.513. The molecule has 8 nitrogen and oxygen atoms in total. The van der Waals surface area contributed by atoms with Gasteiger partial charge in [0.15, 0.2) is 18.1 Å². The third kappa shape index (κ3) is 4.19. The maximum Gasteiger partial charge on any atom is 0.310 e. The molecular weight excluding hydrogens is 396 g/mol. The molecule has 3 N–H and O–H groups in total. The lowest BCUT2D eigenvalue weighted by Crippen LogP contribution is -2.23. The Morgan fingerprint density at radius 1 is 1.14 bits per heavy atom. The fourth-order valence-electron chi connectivity index (χ4n) is 3.48. The monoisotopic (exact) mass is 416 g/mol. The molecule has 1 aliphatic heterocycles. The molecule has 0 atom stereocenters. The Kier molecular flexibility index (Phi) is 5.39. The van der Waals surface area contributed by atoms with Gasteiger partial charge in [-0.05, 0) is 42.5 Å². The van der Waals surface area contributed by atoms with E-state index in [0.29, 0.717) is 40.8 Å². The molecule has 0 radical (unpaired) electrons. The molecule has 2 heterocycles. The third-order valence-electron chi connectivity index (χ3n) is 4.74. The summed E-state index contributed by atoms with van der Waals surface area (Å²) in [5.74, 6) is -0.385. The number of esters is 1. The largest absolute Gasteiger partial charge is 0.486 e.